The van der Waals surface area contributed by atoms with Gasteiger partial charge in [0.15, 0.2) is 6.61 Å². The standard InChI is InChI=1S/C13H15FN2O2/c1-9(2)7-16-13(17)8-18-11-4-3-10(6-15)12(14)5-11/h3-5,9H,7-8H2,1-2H3,(H,16,17). The van der Waals surface area contributed by atoms with E-state index < -0.39 is 5.82 Å². The third kappa shape index (κ3) is 4.42. The van der Waals surface area contributed by atoms with Gasteiger partial charge in [-0.2, -0.15) is 5.26 Å². The average molecular weight is 250 g/mol. The van der Waals surface area contributed by atoms with Gasteiger partial charge < -0.3 is 10.1 Å². The van der Waals surface area contributed by atoms with E-state index in [2.05, 4.69) is 5.32 Å². The highest BCUT2D eigenvalue weighted by Crippen LogP contribution is 2.15. The van der Waals surface area contributed by atoms with Gasteiger partial charge in [0.1, 0.15) is 17.6 Å². The minimum atomic E-state index is -0.655. The molecule has 18 heavy (non-hydrogen) atoms. The van der Waals surface area contributed by atoms with Gasteiger partial charge in [-0.15, -0.1) is 0 Å². The Balaban J connectivity index is 2.47. The van der Waals surface area contributed by atoms with Crippen LogP contribution in [0.3, 0.4) is 0 Å². The molecule has 0 aliphatic heterocycles. The monoisotopic (exact) mass is 250 g/mol. The van der Waals surface area contributed by atoms with Crippen molar-refractivity contribution >= 4 is 5.91 Å². The third-order valence-electron chi connectivity index (χ3n) is 2.14. The number of rotatable bonds is 5. The van der Waals surface area contributed by atoms with Crippen molar-refractivity contribution in [2.75, 3.05) is 13.2 Å². The largest absolute Gasteiger partial charge is 0.484 e. The Hall–Kier alpha value is -2.09. The number of halogens is 1. The van der Waals surface area contributed by atoms with Crippen LogP contribution in [0.15, 0.2) is 18.2 Å². The van der Waals surface area contributed by atoms with Crippen molar-refractivity contribution in [2.45, 2.75) is 13.8 Å². The van der Waals surface area contributed by atoms with Crippen molar-refractivity contribution in [3.05, 3.63) is 29.6 Å². The minimum absolute atomic E-state index is 0.0494. The van der Waals surface area contributed by atoms with Gasteiger partial charge in [0.2, 0.25) is 0 Å². The molecule has 0 aromatic heterocycles. The summed E-state index contributed by atoms with van der Waals surface area (Å²) in [6.07, 6.45) is 0. The van der Waals surface area contributed by atoms with Crippen LogP contribution in [0.1, 0.15) is 19.4 Å². The van der Waals surface area contributed by atoms with Crippen LogP contribution in [0, 0.1) is 23.1 Å². The Labute approximate surface area is 105 Å². The van der Waals surface area contributed by atoms with Gasteiger partial charge in [-0.25, -0.2) is 4.39 Å². The Bertz CT molecular complexity index is 467. The first-order valence-corrected chi connectivity index (χ1v) is 5.62. The summed E-state index contributed by atoms with van der Waals surface area (Å²) in [5.41, 5.74) is -0.0494. The number of nitrogens with one attached hydrogen (secondary N) is 1. The summed E-state index contributed by atoms with van der Waals surface area (Å²) in [5, 5.41) is 11.2. The van der Waals surface area contributed by atoms with Gasteiger partial charge in [-0.3, -0.25) is 4.79 Å². The lowest BCUT2D eigenvalue weighted by Crippen LogP contribution is -2.31. The summed E-state index contributed by atoms with van der Waals surface area (Å²) < 4.78 is 18.3. The summed E-state index contributed by atoms with van der Waals surface area (Å²) in [6, 6.07) is 5.57. The lowest BCUT2D eigenvalue weighted by Gasteiger charge is -2.09. The lowest BCUT2D eigenvalue weighted by molar-refractivity contribution is -0.123. The minimum Gasteiger partial charge on any atom is -0.484 e. The molecule has 0 radical (unpaired) electrons. The van der Waals surface area contributed by atoms with Gasteiger partial charge in [0.05, 0.1) is 5.56 Å². The molecule has 1 rings (SSSR count). The maximum Gasteiger partial charge on any atom is 0.257 e. The molecule has 1 aromatic rings. The highest BCUT2D eigenvalue weighted by molar-refractivity contribution is 5.77. The smallest absolute Gasteiger partial charge is 0.257 e. The van der Waals surface area contributed by atoms with Gasteiger partial charge in [0.25, 0.3) is 5.91 Å². The topological polar surface area (TPSA) is 62.1 Å². The normalized spacial score (nSPS) is 9.94. The molecule has 96 valence electrons. The molecule has 0 bridgehead atoms. The zero-order valence-corrected chi connectivity index (χ0v) is 10.4. The summed E-state index contributed by atoms with van der Waals surface area (Å²) >= 11 is 0. The number of carbonyl (C=O) groups excluding carboxylic acids is 1. The summed E-state index contributed by atoms with van der Waals surface area (Å²) in [7, 11) is 0. The number of hydrogen-bond acceptors (Lipinski definition) is 3. The molecule has 0 heterocycles. The van der Waals surface area contributed by atoms with Crippen LogP contribution >= 0.6 is 0 Å². The van der Waals surface area contributed by atoms with Gasteiger partial charge in [-0.1, -0.05) is 13.8 Å². The van der Waals surface area contributed by atoms with E-state index in [1.54, 1.807) is 6.07 Å². The molecule has 0 atom stereocenters. The fourth-order valence-electron chi connectivity index (χ4n) is 1.19. The highest BCUT2D eigenvalue weighted by atomic mass is 19.1. The number of nitriles is 1. The molecule has 0 fully saturated rings. The molecule has 0 spiro atoms. The number of nitrogens with zero attached hydrogens (tertiary/aromatic N) is 1. The quantitative estimate of drug-likeness (QED) is 0.867. The highest BCUT2D eigenvalue weighted by Gasteiger charge is 2.06. The second-order valence-electron chi connectivity index (χ2n) is 4.24. The SMILES string of the molecule is CC(C)CNC(=O)COc1ccc(C#N)c(F)c1. The van der Waals surface area contributed by atoms with Gasteiger partial charge in [0, 0.05) is 12.6 Å². The summed E-state index contributed by atoms with van der Waals surface area (Å²) in [5.74, 6) is -0.321. The molecule has 1 aromatic carbocycles. The van der Waals surface area contributed by atoms with Crippen LogP contribution in [-0.2, 0) is 4.79 Å². The number of amides is 1. The average Bonchev–Trinajstić information content (AvgIpc) is 2.34. The summed E-state index contributed by atoms with van der Waals surface area (Å²) in [6.45, 7) is 4.37. The van der Waals surface area contributed by atoms with Gasteiger partial charge >= 0.3 is 0 Å². The molecule has 0 unspecified atom stereocenters. The Kier molecular flexibility index (Phi) is 5.12. The first-order chi connectivity index (χ1) is 8.52. The Morgan fingerprint density at radius 1 is 1.56 bits per heavy atom. The molecule has 0 aliphatic rings. The maximum atomic E-state index is 13.2. The second-order valence-corrected chi connectivity index (χ2v) is 4.24. The predicted octanol–water partition coefficient (Wildman–Crippen LogP) is 1.85. The number of hydrogen-bond donors (Lipinski definition) is 1. The fourth-order valence-corrected chi connectivity index (χ4v) is 1.19. The second kappa shape index (κ2) is 6.60. The number of ether oxygens (including phenoxy) is 1. The van der Waals surface area contributed by atoms with Crippen molar-refractivity contribution in [1.29, 1.82) is 5.26 Å². The zero-order valence-electron chi connectivity index (χ0n) is 10.4. The predicted molar refractivity (Wildman–Crippen MR) is 64.5 cm³/mol. The van der Waals surface area contributed by atoms with Crippen LogP contribution in [0.2, 0.25) is 0 Å². The zero-order chi connectivity index (χ0) is 13.5. The van der Waals surface area contributed by atoms with Crippen LogP contribution < -0.4 is 10.1 Å². The van der Waals surface area contributed by atoms with Crippen LogP contribution in [-0.4, -0.2) is 19.1 Å². The number of carbonyl (C=O) groups is 1. The van der Waals surface area contributed by atoms with E-state index in [0.717, 1.165) is 6.07 Å². The van der Waals surface area contributed by atoms with E-state index >= 15 is 0 Å². The van der Waals surface area contributed by atoms with E-state index in [-0.39, 0.29) is 23.8 Å². The fraction of sp³-hybridized carbons (Fsp3) is 0.385. The van der Waals surface area contributed by atoms with Crippen molar-refractivity contribution in [3.8, 4) is 11.8 Å². The molecule has 0 saturated carbocycles. The van der Waals surface area contributed by atoms with Crippen LogP contribution in [0.25, 0.3) is 0 Å². The first-order valence-electron chi connectivity index (χ1n) is 5.62. The van der Waals surface area contributed by atoms with Gasteiger partial charge in [-0.05, 0) is 18.1 Å². The van der Waals surface area contributed by atoms with E-state index in [4.69, 9.17) is 10.00 Å². The molecular formula is C13H15FN2O2. The van der Waals surface area contributed by atoms with E-state index in [1.807, 2.05) is 13.8 Å². The lowest BCUT2D eigenvalue weighted by atomic mass is 10.2. The Morgan fingerprint density at radius 3 is 2.83 bits per heavy atom. The summed E-state index contributed by atoms with van der Waals surface area (Å²) in [4.78, 5) is 11.3. The van der Waals surface area contributed by atoms with Crippen molar-refractivity contribution < 1.29 is 13.9 Å². The molecule has 1 N–H and O–H groups in total. The van der Waals surface area contributed by atoms with Crippen LogP contribution in [0.5, 0.6) is 5.75 Å². The van der Waals surface area contributed by atoms with E-state index in [0.29, 0.717) is 12.5 Å². The van der Waals surface area contributed by atoms with E-state index in [1.165, 1.54) is 12.1 Å². The molecule has 0 aliphatic carbocycles. The molecule has 1 amide bonds. The molecule has 4 nitrogen and oxygen atoms in total. The van der Waals surface area contributed by atoms with Crippen molar-refractivity contribution in [1.82, 2.24) is 5.32 Å². The Morgan fingerprint density at radius 2 is 2.28 bits per heavy atom. The van der Waals surface area contributed by atoms with Crippen molar-refractivity contribution in [2.24, 2.45) is 5.92 Å². The third-order valence-corrected chi connectivity index (χ3v) is 2.14. The molecular weight excluding hydrogens is 235 g/mol. The van der Waals surface area contributed by atoms with E-state index in [9.17, 15) is 9.18 Å². The van der Waals surface area contributed by atoms with Crippen molar-refractivity contribution in [3.63, 3.8) is 0 Å². The number of benzene rings is 1. The molecule has 5 heteroatoms. The first kappa shape index (κ1) is 14.0. The maximum absolute atomic E-state index is 13.2. The molecule has 0 saturated heterocycles. The van der Waals surface area contributed by atoms with Crippen LogP contribution in [0.4, 0.5) is 4.39 Å².